The molecule has 0 amide bonds. The summed E-state index contributed by atoms with van der Waals surface area (Å²) in [5.74, 6) is 0. The molecule has 0 radical (unpaired) electrons. The summed E-state index contributed by atoms with van der Waals surface area (Å²) in [5, 5.41) is -0.578. The van der Waals surface area contributed by atoms with Gasteiger partial charge in [-0.3, -0.25) is 9.11 Å². The van der Waals surface area contributed by atoms with Crippen LogP contribution in [0, 0.1) is 0 Å². The Morgan fingerprint density at radius 3 is 2.10 bits per heavy atom. The second-order valence-electron chi connectivity index (χ2n) is 4.71. The lowest BCUT2D eigenvalue weighted by atomic mass is 9.93. The van der Waals surface area contributed by atoms with Crippen LogP contribution >= 0.6 is 0 Å². The Labute approximate surface area is 121 Å². The second-order valence-corrected chi connectivity index (χ2v) is 7.63. The number of benzene rings is 2. The molecule has 1 atom stereocenters. The number of hydrogen-bond donors (Lipinski definition) is 2. The predicted molar refractivity (Wildman–Crippen MR) is 77.8 cm³/mol. The van der Waals surface area contributed by atoms with Crippen LogP contribution in [0.4, 0.5) is 0 Å². The van der Waals surface area contributed by atoms with Crippen LogP contribution in [0.2, 0.25) is 0 Å². The average molecular weight is 326 g/mol. The average Bonchev–Trinajstić information content (AvgIpc) is 2.36. The smallest absolute Gasteiger partial charge is 0.285 e. The van der Waals surface area contributed by atoms with Crippen molar-refractivity contribution in [1.82, 2.24) is 0 Å². The first kappa shape index (κ1) is 14.2. The van der Waals surface area contributed by atoms with Gasteiger partial charge in [0.2, 0.25) is 0 Å². The molecule has 8 heteroatoms. The highest BCUT2D eigenvalue weighted by molar-refractivity contribution is 7.93. The summed E-state index contributed by atoms with van der Waals surface area (Å²) in [5.41, 5.74) is 0.594. The molecular formula is C13H10O6S2. The summed E-state index contributed by atoms with van der Waals surface area (Å²) >= 11 is 0. The zero-order chi connectivity index (χ0) is 15.4. The van der Waals surface area contributed by atoms with E-state index in [0.717, 1.165) is 6.08 Å². The van der Waals surface area contributed by atoms with Crippen molar-refractivity contribution in [3.8, 4) is 0 Å². The lowest BCUT2D eigenvalue weighted by molar-refractivity contribution is 0.467. The molecule has 0 heterocycles. The Bertz CT molecular complexity index is 981. The first-order valence-electron chi connectivity index (χ1n) is 5.86. The zero-order valence-electron chi connectivity index (χ0n) is 10.5. The maximum Gasteiger partial charge on any atom is 0.292 e. The van der Waals surface area contributed by atoms with Gasteiger partial charge in [-0.15, -0.1) is 0 Å². The molecular weight excluding hydrogens is 316 g/mol. The summed E-state index contributed by atoms with van der Waals surface area (Å²) in [6, 6.07) is 9.77. The summed E-state index contributed by atoms with van der Waals surface area (Å²) in [6.45, 7) is 0. The molecule has 0 aliphatic heterocycles. The van der Waals surface area contributed by atoms with E-state index in [0.29, 0.717) is 16.3 Å². The lowest BCUT2D eigenvalue weighted by Crippen LogP contribution is -2.22. The Balaban J connectivity index is 2.51. The molecule has 6 nitrogen and oxygen atoms in total. The fourth-order valence-corrected chi connectivity index (χ4v) is 4.92. The number of rotatable bonds is 2. The van der Waals surface area contributed by atoms with Gasteiger partial charge in [0.15, 0.2) is 5.25 Å². The van der Waals surface area contributed by atoms with E-state index in [1.165, 1.54) is 6.07 Å². The minimum Gasteiger partial charge on any atom is -0.285 e. The first-order chi connectivity index (χ1) is 9.69. The van der Waals surface area contributed by atoms with Crippen molar-refractivity contribution in [2.75, 3.05) is 0 Å². The number of hydrogen-bond acceptors (Lipinski definition) is 4. The normalized spacial score (nSPS) is 18.6. The zero-order valence-corrected chi connectivity index (χ0v) is 12.1. The van der Waals surface area contributed by atoms with Crippen LogP contribution in [0.1, 0.15) is 16.4 Å². The van der Waals surface area contributed by atoms with Crippen molar-refractivity contribution in [2.45, 2.75) is 5.25 Å². The van der Waals surface area contributed by atoms with Crippen molar-refractivity contribution < 1.29 is 25.9 Å². The van der Waals surface area contributed by atoms with E-state index >= 15 is 0 Å². The highest BCUT2D eigenvalue weighted by Crippen LogP contribution is 2.43. The minimum absolute atomic E-state index is 0.126. The minimum atomic E-state index is -4.78. The summed E-state index contributed by atoms with van der Waals surface area (Å²) < 4.78 is 64.9. The van der Waals surface area contributed by atoms with Gasteiger partial charge in [0, 0.05) is 0 Å². The van der Waals surface area contributed by atoms with Crippen LogP contribution in [0.15, 0.2) is 41.3 Å². The Hall–Kier alpha value is -1.74. The SMILES string of the molecule is O=S(=O)(O)C1=Cc2cccc3cccc(c23)C1S(=O)(=O)O. The van der Waals surface area contributed by atoms with Crippen LogP contribution in [0.5, 0.6) is 0 Å². The molecule has 0 fully saturated rings. The second kappa shape index (κ2) is 4.38. The molecule has 2 N–H and O–H groups in total. The maximum atomic E-state index is 11.6. The van der Waals surface area contributed by atoms with E-state index in [1.807, 2.05) is 0 Å². The lowest BCUT2D eigenvalue weighted by Gasteiger charge is -2.23. The van der Waals surface area contributed by atoms with Crippen LogP contribution in [-0.4, -0.2) is 25.9 Å². The monoisotopic (exact) mass is 326 g/mol. The first-order valence-corrected chi connectivity index (χ1v) is 8.81. The summed E-state index contributed by atoms with van der Waals surface area (Å²) in [7, 11) is -9.53. The third kappa shape index (κ3) is 2.26. The fourth-order valence-electron chi connectivity index (χ4n) is 2.64. The molecule has 110 valence electrons. The molecule has 1 unspecified atom stereocenters. The van der Waals surface area contributed by atoms with Crippen LogP contribution in [0.3, 0.4) is 0 Å². The molecule has 1 aliphatic rings. The van der Waals surface area contributed by atoms with E-state index < -0.39 is 30.4 Å². The molecule has 2 aromatic rings. The molecule has 21 heavy (non-hydrogen) atoms. The Morgan fingerprint density at radius 1 is 0.905 bits per heavy atom. The molecule has 0 saturated carbocycles. The van der Waals surface area contributed by atoms with Gasteiger partial charge in [-0.1, -0.05) is 36.4 Å². The Morgan fingerprint density at radius 2 is 1.52 bits per heavy atom. The van der Waals surface area contributed by atoms with E-state index in [-0.39, 0.29) is 5.56 Å². The van der Waals surface area contributed by atoms with Crippen molar-refractivity contribution in [1.29, 1.82) is 0 Å². The van der Waals surface area contributed by atoms with Gasteiger partial charge in [0.1, 0.15) is 0 Å². The van der Waals surface area contributed by atoms with Gasteiger partial charge in [-0.2, -0.15) is 16.8 Å². The van der Waals surface area contributed by atoms with Crippen molar-refractivity contribution in [3.63, 3.8) is 0 Å². The highest BCUT2D eigenvalue weighted by atomic mass is 32.2. The van der Waals surface area contributed by atoms with Crippen LogP contribution in [-0.2, 0) is 20.2 Å². The molecule has 0 saturated heterocycles. The van der Waals surface area contributed by atoms with Crippen LogP contribution < -0.4 is 0 Å². The van der Waals surface area contributed by atoms with Gasteiger partial charge in [0.25, 0.3) is 20.2 Å². The molecule has 2 aromatic carbocycles. The third-order valence-electron chi connectivity index (χ3n) is 3.40. The van der Waals surface area contributed by atoms with Crippen LogP contribution in [0.25, 0.3) is 16.8 Å². The van der Waals surface area contributed by atoms with E-state index in [9.17, 15) is 25.9 Å². The van der Waals surface area contributed by atoms with E-state index in [2.05, 4.69) is 0 Å². The summed E-state index contributed by atoms with van der Waals surface area (Å²) in [4.78, 5) is -0.754. The quantitative estimate of drug-likeness (QED) is 0.817. The van der Waals surface area contributed by atoms with E-state index in [1.54, 1.807) is 30.3 Å². The van der Waals surface area contributed by atoms with E-state index in [4.69, 9.17) is 0 Å². The molecule has 0 spiro atoms. The van der Waals surface area contributed by atoms with Gasteiger partial charge < -0.3 is 0 Å². The van der Waals surface area contributed by atoms with Gasteiger partial charge in [-0.25, -0.2) is 0 Å². The predicted octanol–water partition coefficient (Wildman–Crippen LogP) is 2.01. The highest BCUT2D eigenvalue weighted by Gasteiger charge is 2.39. The molecule has 3 rings (SSSR count). The van der Waals surface area contributed by atoms with Gasteiger partial charge >= 0.3 is 0 Å². The van der Waals surface area contributed by atoms with Gasteiger partial charge in [0.05, 0.1) is 4.91 Å². The van der Waals surface area contributed by atoms with Crippen molar-refractivity contribution in [3.05, 3.63) is 52.4 Å². The molecule has 1 aliphatic carbocycles. The molecule has 0 aromatic heterocycles. The standard InChI is InChI=1S/C13H10O6S2/c14-20(15,16)11-7-9-5-1-3-8-4-2-6-10(12(8)9)13(11)21(17,18)19/h1-7,13H,(H,14,15,16)(H,17,18,19). The molecule has 0 bridgehead atoms. The third-order valence-corrected chi connectivity index (χ3v) is 5.61. The fraction of sp³-hybridized carbons (Fsp3) is 0.0769. The van der Waals surface area contributed by atoms with Gasteiger partial charge in [-0.05, 0) is 28.0 Å². The maximum absolute atomic E-state index is 11.6. The van der Waals surface area contributed by atoms with Crippen molar-refractivity contribution in [2.24, 2.45) is 0 Å². The Kier molecular flexibility index (Phi) is 2.96. The van der Waals surface area contributed by atoms with Crippen molar-refractivity contribution >= 4 is 37.1 Å². The topological polar surface area (TPSA) is 109 Å². The summed E-state index contributed by atoms with van der Waals surface area (Å²) in [6.07, 6.45) is 1.07. The largest absolute Gasteiger partial charge is 0.292 e.